The van der Waals surface area contributed by atoms with Crippen molar-refractivity contribution in [3.63, 3.8) is 0 Å². The highest BCUT2D eigenvalue weighted by Crippen LogP contribution is 2.25. The lowest BCUT2D eigenvalue weighted by molar-refractivity contribution is -0.192. The number of nitrogens with two attached hydrogens (primary N) is 1. The number of ether oxygens (including phenoxy) is 1. The van der Waals surface area contributed by atoms with Gasteiger partial charge in [0.1, 0.15) is 11.8 Å². The molecule has 1 saturated heterocycles. The van der Waals surface area contributed by atoms with E-state index in [0.29, 0.717) is 19.6 Å². The third-order valence-corrected chi connectivity index (χ3v) is 4.73. The number of carbonyl (C=O) groups excluding carboxylic acids is 1. The Balaban J connectivity index is 0.000000423. The Kier molecular flexibility index (Phi) is 7.88. The van der Waals surface area contributed by atoms with Gasteiger partial charge in [-0.25, -0.2) is 4.79 Å². The monoisotopic (exact) mass is 440 g/mol. The SMILES string of the molecule is CCOc1ccc2[nH]cc(C[C@H](N)C(=O)N3CCC[C@H]3C#N)c2c1.O=C(O)C(F)(F)F. The zero-order valence-corrected chi connectivity index (χ0v) is 16.8. The smallest absolute Gasteiger partial charge is 0.490 e. The van der Waals surface area contributed by atoms with Gasteiger partial charge < -0.3 is 25.5 Å². The summed E-state index contributed by atoms with van der Waals surface area (Å²) in [6, 6.07) is 7.05. The van der Waals surface area contributed by atoms with E-state index in [9.17, 15) is 18.0 Å². The predicted octanol–water partition coefficient (Wildman–Crippen LogP) is 2.58. The number of nitriles is 1. The number of carbonyl (C=O) groups is 2. The van der Waals surface area contributed by atoms with Gasteiger partial charge in [0, 0.05) is 23.6 Å². The molecule has 1 aromatic heterocycles. The van der Waals surface area contributed by atoms with Gasteiger partial charge in [0.05, 0.1) is 18.7 Å². The van der Waals surface area contributed by atoms with Gasteiger partial charge in [-0.3, -0.25) is 4.79 Å². The second kappa shape index (κ2) is 10.2. The van der Waals surface area contributed by atoms with Crippen LogP contribution in [0.5, 0.6) is 5.75 Å². The average molecular weight is 440 g/mol. The molecule has 2 aromatic rings. The van der Waals surface area contributed by atoms with Crippen LogP contribution < -0.4 is 10.5 Å². The van der Waals surface area contributed by atoms with Gasteiger partial charge >= 0.3 is 12.1 Å². The number of fused-ring (bicyclic) bond motifs is 1. The summed E-state index contributed by atoms with van der Waals surface area (Å²) in [4.78, 5) is 26.3. The fraction of sp³-hybridized carbons (Fsp3) is 0.450. The zero-order chi connectivity index (χ0) is 23.2. The van der Waals surface area contributed by atoms with Crippen LogP contribution >= 0.6 is 0 Å². The summed E-state index contributed by atoms with van der Waals surface area (Å²) in [6.07, 6.45) is -1.16. The number of rotatable bonds is 5. The Hall–Kier alpha value is -3.26. The summed E-state index contributed by atoms with van der Waals surface area (Å²) in [6.45, 7) is 3.17. The molecule has 1 amide bonds. The van der Waals surface area contributed by atoms with E-state index in [0.717, 1.165) is 35.1 Å². The Bertz CT molecular complexity index is 967. The molecule has 0 aliphatic carbocycles. The van der Waals surface area contributed by atoms with Gasteiger partial charge in [0.2, 0.25) is 5.91 Å². The number of amides is 1. The summed E-state index contributed by atoms with van der Waals surface area (Å²) >= 11 is 0. The van der Waals surface area contributed by atoms with E-state index in [4.69, 9.17) is 25.6 Å². The largest absolute Gasteiger partial charge is 0.494 e. The molecule has 0 saturated carbocycles. The Morgan fingerprint density at radius 2 is 2.13 bits per heavy atom. The summed E-state index contributed by atoms with van der Waals surface area (Å²) in [7, 11) is 0. The number of H-pyrrole nitrogens is 1. The minimum absolute atomic E-state index is 0.144. The fourth-order valence-corrected chi connectivity index (χ4v) is 3.28. The molecule has 2 heterocycles. The third-order valence-electron chi connectivity index (χ3n) is 4.73. The number of hydrogen-bond acceptors (Lipinski definition) is 5. The van der Waals surface area contributed by atoms with E-state index >= 15 is 0 Å². The quantitative estimate of drug-likeness (QED) is 0.655. The number of aromatic amines is 1. The number of halogens is 3. The van der Waals surface area contributed by atoms with Crippen LogP contribution in [0, 0.1) is 11.3 Å². The first-order valence-corrected chi connectivity index (χ1v) is 9.57. The van der Waals surface area contributed by atoms with Crippen molar-refractivity contribution in [2.24, 2.45) is 5.73 Å². The number of hydrogen-bond donors (Lipinski definition) is 3. The first kappa shape index (κ1) is 24.0. The van der Waals surface area contributed by atoms with Crippen LogP contribution in [0.4, 0.5) is 13.2 Å². The summed E-state index contributed by atoms with van der Waals surface area (Å²) in [5, 5.41) is 17.3. The van der Waals surface area contributed by atoms with Crippen molar-refractivity contribution in [3.05, 3.63) is 30.0 Å². The number of carboxylic acids is 1. The maximum absolute atomic E-state index is 12.6. The molecule has 31 heavy (non-hydrogen) atoms. The minimum atomic E-state index is -5.08. The molecule has 1 aliphatic rings. The van der Waals surface area contributed by atoms with Crippen molar-refractivity contribution >= 4 is 22.8 Å². The molecule has 0 spiro atoms. The number of nitrogens with zero attached hydrogens (tertiary/aromatic N) is 2. The molecule has 0 radical (unpaired) electrons. The molecule has 4 N–H and O–H groups in total. The Labute approximate surface area is 176 Å². The standard InChI is InChI=1S/C18H22N4O2.C2HF3O2/c1-2-24-14-5-6-17-15(9-14)12(11-21-17)8-16(20)18(23)22-7-3-4-13(22)10-19;3-2(4,5)1(6)7/h5-6,9,11,13,16,21H,2-4,7-8,20H2,1H3;(H,6,7)/t13-,16-;/m0./s1. The second-order valence-corrected chi connectivity index (χ2v) is 6.89. The molecule has 0 bridgehead atoms. The highest BCUT2D eigenvalue weighted by atomic mass is 19.4. The molecule has 0 unspecified atom stereocenters. The van der Waals surface area contributed by atoms with Crippen molar-refractivity contribution < 1.29 is 32.6 Å². The van der Waals surface area contributed by atoms with Crippen molar-refractivity contribution in [1.82, 2.24) is 9.88 Å². The molecule has 11 heteroatoms. The van der Waals surface area contributed by atoms with Crippen molar-refractivity contribution in [2.45, 2.75) is 44.4 Å². The van der Waals surface area contributed by atoms with Crippen LogP contribution in [0.2, 0.25) is 0 Å². The van der Waals surface area contributed by atoms with Crippen molar-refractivity contribution in [3.8, 4) is 11.8 Å². The van der Waals surface area contributed by atoms with Gasteiger partial charge in [-0.15, -0.1) is 0 Å². The molecular formula is C20H23F3N4O4. The lowest BCUT2D eigenvalue weighted by atomic mass is 10.0. The molecule has 3 rings (SSSR count). The molecule has 1 aromatic carbocycles. The third kappa shape index (κ3) is 6.11. The molecule has 1 fully saturated rings. The lowest BCUT2D eigenvalue weighted by Crippen LogP contribution is -2.46. The van der Waals surface area contributed by atoms with Crippen LogP contribution in [0.15, 0.2) is 24.4 Å². The second-order valence-electron chi connectivity index (χ2n) is 6.89. The highest BCUT2D eigenvalue weighted by Gasteiger charge is 2.38. The number of aliphatic carboxylic acids is 1. The van der Waals surface area contributed by atoms with Crippen LogP contribution in [-0.4, -0.2) is 58.3 Å². The summed E-state index contributed by atoms with van der Waals surface area (Å²) in [5.74, 6) is -2.10. The molecule has 1 aliphatic heterocycles. The van der Waals surface area contributed by atoms with Crippen LogP contribution in [0.25, 0.3) is 10.9 Å². The molecular weight excluding hydrogens is 417 g/mol. The van der Waals surface area contributed by atoms with E-state index in [-0.39, 0.29) is 11.9 Å². The predicted molar refractivity (Wildman–Crippen MR) is 105 cm³/mol. The zero-order valence-electron chi connectivity index (χ0n) is 16.8. The van der Waals surface area contributed by atoms with E-state index in [1.54, 1.807) is 4.90 Å². The number of nitrogens with one attached hydrogen (secondary N) is 1. The van der Waals surface area contributed by atoms with Gasteiger partial charge in [0.15, 0.2) is 0 Å². The fourth-order valence-electron chi connectivity index (χ4n) is 3.28. The average Bonchev–Trinajstić information content (AvgIpc) is 3.34. The lowest BCUT2D eigenvalue weighted by Gasteiger charge is -2.23. The van der Waals surface area contributed by atoms with Gasteiger partial charge in [-0.1, -0.05) is 0 Å². The van der Waals surface area contributed by atoms with Gasteiger partial charge in [-0.2, -0.15) is 18.4 Å². The minimum Gasteiger partial charge on any atom is -0.494 e. The maximum atomic E-state index is 12.6. The van der Waals surface area contributed by atoms with E-state index in [1.807, 2.05) is 31.3 Å². The number of alkyl halides is 3. The number of aromatic nitrogens is 1. The Morgan fingerprint density at radius 1 is 1.45 bits per heavy atom. The van der Waals surface area contributed by atoms with Gasteiger partial charge in [-0.05, 0) is 49.9 Å². The first-order valence-electron chi connectivity index (χ1n) is 9.57. The highest BCUT2D eigenvalue weighted by molar-refractivity contribution is 5.87. The van der Waals surface area contributed by atoms with E-state index < -0.39 is 18.2 Å². The first-order chi connectivity index (χ1) is 14.6. The molecule has 168 valence electrons. The van der Waals surface area contributed by atoms with Crippen LogP contribution in [0.3, 0.4) is 0 Å². The molecule has 2 atom stereocenters. The number of carboxylic acid groups (broad SMARTS) is 1. The molecule has 8 nitrogen and oxygen atoms in total. The number of likely N-dealkylation sites (tertiary alicyclic amines) is 1. The topological polar surface area (TPSA) is 132 Å². The van der Waals surface area contributed by atoms with E-state index in [1.165, 1.54) is 0 Å². The Morgan fingerprint density at radius 3 is 2.71 bits per heavy atom. The van der Waals surface area contributed by atoms with Crippen LogP contribution in [-0.2, 0) is 16.0 Å². The van der Waals surface area contributed by atoms with Crippen molar-refractivity contribution in [2.75, 3.05) is 13.2 Å². The van der Waals surface area contributed by atoms with Crippen molar-refractivity contribution in [1.29, 1.82) is 5.26 Å². The maximum Gasteiger partial charge on any atom is 0.490 e. The van der Waals surface area contributed by atoms with Gasteiger partial charge in [0.25, 0.3) is 0 Å². The normalized spacial score (nSPS) is 16.9. The summed E-state index contributed by atoms with van der Waals surface area (Å²) in [5.41, 5.74) is 8.12. The van der Waals surface area contributed by atoms with E-state index in [2.05, 4.69) is 11.1 Å². The van der Waals surface area contributed by atoms with Crippen LogP contribution in [0.1, 0.15) is 25.3 Å². The number of benzene rings is 1. The summed E-state index contributed by atoms with van der Waals surface area (Å²) < 4.78 is 37.3.